The quantitative estimate of drug-likeness (QED) is 0.182. The Bertz CT molecular complexity index is 819. The second-order valence-corrected chi connectivity index (χ2v) is 10.1. The van der Waals surface area contributed by atoms with Crippen molar-refractivity contribution in [2.45, 2.75) is 111 Å². The molecule has 1 atom stereocenters. The van der Waals surface area contributed by atoms with Crippen LogP contribution in [0.3, 0.4) is 0 Å². The molecule has 1 rings (SSSR count). The van der Waals surface area contributed by atoms with Gasteiger partial charge in [0.25, 0.3) is 0 Å². The van der Waals surface area contributed by atoms with Gasteiger partial charge in [0, 0.05) is 12.0 Å². The highest BCUT2D eigenvalue weighted by atomic mass is 16.6. The highest BCUT2D eigenvalue weighted by molar-refractivity contribution is 6.13. The lowest BCUT2D eigenvalue weighted by atomic mass is 10.1. The Hall–Kier alpha value is -2.91. The van der Waals surface area contributed by atoms with Crippen molar-refractivity contribution in [1.82, 2.24) is 10.2 Å². The van der Waals surface area contributed by atoms with E-state index in [1.807, 2.05) is 0 Å². The van der Waals surface area contributed by atoms with Crippen LogP contribution in [0.2, 0.25) is 0 Å². The summed E-state index contributed by atoms with van der Waals surface area (Å²) in [5.74, 6) is -1.63. The minimum absolute atomic E-state index is 0.0390. The Morgan fingerprint density at radius 3 is 2.12 bits per heavy atom. The van der Waals surface area contributed by atoms with Crippen molar-refractivity contribution in [3.8, 4) is 0 Å². The van der Waals surface area contributed by atoms with Gasteiger partial charge in [0.2, 0.25) is 18.1 Å². The first kappa shape index (κ1) is 29.1. The Morgan fingerprint density at radius 1 is 1.03 bits per heavy atom. The topological polar surface area (TPSA) is 124 Å². The number of guanidine groups is 1. The van der Waals surface area contributed by atoms with Crippen LogP contribution >= 0.6 is 0 Å². The Labute approximate surface area is 202 Å². The van der Waals surface area contributed by atoms with Crippen molar-refractivity contribution >= 4 is 30.0 Å². The van der Waals surface area contributed by atoms with Gasteiger partial charge in [-0.1, -0.05) is 32.6 Å². The first-order valence-corrected chi connectivity index (χ1v) is 11.7. The predicted octanol–water partition coefficient (Wildman–Crippen LogP) is 4.82. The third-order valence-corrected chi connectivity index (χ3v) is 4.34. The van der Waals surface area contributed by atoms with E-state index in [0.29, 0.717) is 16.9 Å². The number of unbranched alkanes of at least 4 members (excludes halogenated alkanes) is 4. The molecule has 1 heterocycles. The summed E-state index contributed by atoms with van der Waals surface area (Å²) < 4.78 is 15.8. The van der Waals surface area contributed by atoms with Gasteiger partial charge in [-0.25, -0.2) is 19.4 Å². The van der Waals surface area contributed by atoms with Gasteiger partial charge in [0.1, 0.15) is 11.2 Å². The number of imide groups is 1. The van der Waals surface area contributed by atoms with Crippen LogP contribution in [-0.4, -0.2) is 52.4 Å². The number of cyclic esters (lactones) is 1. The van der Waals surface area contributed by atoms with Crippen LogP contribution in [0.1, 0.15) is 93.9 Å². The summed E-state index contributed by atoms with van der Waals surface area (Å²) in [6.07, 6.45) is 2.84. The van der Waals surface area contributed by atoms with Crippen molar-refractivity contribution in [2.75, 3.05) is 0 Å². The molecule has 1 aliphatic rings. The second-order valence-electron chi connectivity index (χ2n) is 10.1. The number of hydrogen-bond acceptors (Lipinski definition) is 8. The van der Waals surface area contributed by atoms with Crippen molar-refractivity contribution in [1.29, 1.82) is 0 Å². The summed E-state index contributed by atoms with van der Waals surface area (Å²) in [6.45, 7) is 13.6. The highest BCUT2D eigenvalue weighted by Gasteiger charge is 2.34. The van der Waals surface area contributed by atoms with Crippen molar-refractivity contribution < 1.29 is 33.4 Å². The standard InChI is InChI=1S/C24H39N3O7/c1-9-10-11-12-13-14-18(28)27(22(31)34-24(6,7)8)20(26-21(30)33-23(3,4)5)25-17-15-16(2)19(29)32-17/h15,17H,9-14H2,1-8H3,(H,25,26,30). The third-order valence-electron chi connectivity index (χ3n) is 4.34. The molecule has 192 valence electrons. The SMILES string of the molecule is CCCCCCCC(=O)N(C(=O)OC(C)(C)C)/C(=N/C1C=C(C)C(=O)O1)NC(=O)OC(C)(C)C. The molecule has 1 N–H and O–H groups in total. The normalized spacial score (nSPS) is 16.5. The summed E-state index contributed by atoms with van der Waals surface area (Å²) >= 11 is 0. The molecule has 10 heteroatoms. The maximum Gasteiger partial charge on any atom is 0.424 e. The summed E-state index contributed by atoms with van der Waals surface area (Å²) in [6, 6.07) is 0. The molecule has 0 radical (unpaired) electrons. The van der Waals surface area contributed by atoms with Crippen LogP contribution in [-0.2, 0) is 23.8 Å². The number of carbonyl (C=O) groups is 4. The number of aliphatic imine (C=N–C) groups is 1. The fraction of sp³-hybridized carbons (Fsp3) is 0.708. The van der Waals surface area contributed by atoms with Gasteiger partial charge in [-0.15, -0.1) is 0 Å². The van der Waals surface area contributed by atoms with Gasteiger partial charge in [0.05, 0.1) is 0 Å². The minimum Gasteiger partial charge on any atom is -0.444 e. The number of nitrogens with one attached hydrogen (secondary N) is 1. The Kier molecular flexibility index (Phi) is 10.7. The monoisotopic (exact) mass is 481 g/mol. The molecule has 10 nitrogen and oxygen atoms in total. The van der Waals surface area contributed by atoms with Crippen LogP contribution in [0.15, 0.2) is 16.6 Å². The van der Waals surface area contributed by atoms with Crippen LogP contribution in [0, 0.1) is 0 Å². The first-order chi connectivity index (χ1) is 15.6. The van der Waals surface area contributed by atoms with Crippen molar-refractivity contribution in [3.05, 3.63) is 11.6 Å². The van der Waals surface area contributed by atoms with Crippen LogP contribution in [0.5, 0.6) is 0 Å². The number of alkyl carbamates (subject to hydrolysis) is 1. The van der Waals surface area contributed by atoms with Gasteiger partial charge in [-0.3, -0.25) is 10.1 Å². The van der Waals surface area contributed by atoms with E-state index in [1.165, 1.54) is 6.08 Å². The Morgan fingerprint density at radius 2 is 1.62 bits per heavy atom. The third kappa shape index (κ3) is 10.8. The number of esters is 1. The average Bonchev–Trinajstić information content (AvgIpc) is 2.95. The van der Waals surface area contributed by atoms with E-state index in [2.05, 4.69) is 17.2 Å². The van der Waals surface area contributed by atoms with E-state index in [-0.39, 0.29) is 6.42 Å². The lowest BCUT2D eigenvalue weighted by Gasteiger charge is -2.28. The van der Waals surface area contributed by atoms with E-state index in [1.54, 1.807) is 48.5 Å². The summed E-state index contributed by atoms with van der Waals surface area (Å²) in [5.41, 5.74) is -1.44. The number of rotatable bonds is 7. The fourth-order valence-corrected chi connectivity index (χ4v) is 2.85. The Balaban J connectivity index is 3.29. The van der Waals surface area contributed by atoms with Gasteiger partial charge in [0.15, 0.2) is 0 Å². The van der Waals surface area contributed by atoms with Gasteiger partial charge in [-0.2, -0.15) is 4.90 Å². The summed E-state index contributed by atoms with van der Waals surface area (Å²) in [4.78, 5) is 55.3. The second kappa shape index (κ2) is 12.5. The number of nitrogens with zero attached hydrogens (tertiary/aromatic N) is 2. The molecule has 0 aliphatic carbocycles. The van der Waals surface area contributed by atoms with Gasteiger partial charge in [-0.05, 0) is 61.0 Å². The molecule has 0 aromatic heterocycles. The molecule has 0 aromatic carbocycles. The summed E-state index contributed by atoms with van der Waals surface area (Å²) in [7, 11) is 0. The highest BCUT2D eigenvalue weighted by Crippen LogP contribution is 2.17. The molecular formula is C24H39N3O7. The predicted molar refractivity (Wildman–Crippen MR) is 127 cm³/mol. The fourth-order valence-electron chi connectivity index (χ4n) is 2.85. The number of hydrogen-bond donors (Lipinski definition) is 1. The van der Waals surface area contributed by atoms with Crippen molar-refractivity contribution in [3.63, 3.8) is 0 Å². The van der Waals surface area contributed by atoms with E-state index in [9.17, 15) is 19.2 Å². The zero-order chi connectivity index (χ0) is 26.1. The van der Waals surface area contributed by atoms with E-state index >= 15 is 0 Å². The zero-order valence-corrected chi connectivity index (χ0v) is 21.6. The average molecular weight is 482 g/mol. The smallest absolute Gasteiger partial charge is 0.424 e. The molecule has 1 aliphatic heterocycles. The zero-order valence-electron chi connectivity index (χ0n) is 21.6. The molecule has 0 saturated carbocycles. The van der Waals surface area contributed by atoms with Crippen LogP contribution in [0.4, 0.5) is 9.59 Å². The molecule has 3 amide bonds. The van der Waals surface area contributed by atoms with Crippen LogP contribution < -0.4 is 5.32 Å². The summed E-state index contributed by atoms with van der Waals surface area (Å²) in [5, 5.41) is 2.36. The van der Waals surface area contributed by atoms with Crippen molar-refractivity contribution in [2.24, 2.45) is 4.99 Å². The van der Waals surface area contributed by atoms with Gasteiger partial charge >= 0.3 is 18.2 Å². The largest absolute Gasteiger partial charge is 0.444 e. The number of amides is 3. The molecule has 0 aromatic rings. The molecule has 0 saturated heterocycles. The molecule has 0 fully saturated rings. The number of ether oxygens (including phenoxy) is 3. The first-order valence-electron chi connectivity index (χ1n) is 11.7. The van der Waals surface area contributed by atoms with Gasteiger partial charge < -0.3 is 14.2 Å². The van der Waals surface area contributed by atoms with Crippen LogP contribution in [0.25, 0.3) is 0 Å². The minimum atomic E-state index is -1.13. The van der Waals surface area contributed by atoms with E-state index < -0.39 is 47.5 Å². The van der Waals surface area contributed by atoms with E-state index in [4.69, 9.17) is 14.2 Å². The maximum atomic E-state index is 13.1. The van der Waals surface area contributed by atoms with E-state index in [0.717, 1.165) is 25.7 Å². The lowest BCUT2D eigenvalue weighted by Crippen LogP contribution is -2.52. The maximum absolute atomic E-state index is 13.1. The lowest BCUT2D eigenvalue weighted by molar-refractivity contribution is -0.139. The number of carbonyl (C=O) groups excluding carboxylic acids is 4. The molecule has 0 spiro atoms. The molecule has 1 unspecified atom stereocenters. The molecular weight excluding hydrogens is 442 g/mol. The molecule has 34 heavy (non-hydrogen) atoms. The molecule has 0 bridgehead atoms.